The lowest BCUT2D eigenvalue weighted by Gasteiger charge is -2.02. The molecule has 0 saturated heterocycles. The molecule has 3 nitrogen and oxygen atoms in total. The van der Waals surface area contributed by atoms with Crippen LogP contribution in [0.4, 0.5) is 0 Å². The van der Waals surface area contributed by atoms with Gasteiger partial charge in [-0.2, -0.15) is 0 Å². The minimum Gasteiger partial charge on any atom is -0.538 e. The van der Waals surface area contributed by atoms with Crippen LogP contribution in [0.25, 0.3) is 0 Å². The summed E-state index contributed by atoms with van der Waals surface area (Å²) in [5.74, 6) is 0.630. The summed E-state index contributed by atoms with van der Waals surface area (Å²) in [4.78, 5) is 3.96. The highest BCUT2D eigenvalue weighted by atomic mass is 16.5. The molecule has 1 rings (SSSR count). The Morgan fingerprint density at radius 2 is 2.50 bits per heavy atom. The molecule has 0 aliphatic carbocycles. The second-order valence-corrected chi connectivity index (χ2v) is 1.86. The molecule has 1 aromatic heterocycles. The summed E-state index contributed by atoms with van der Waals surface area (Å²) >= 11 is 0. The first kappa shape index (κ1) is 7.09. The Hall–Kier alpha value is -1.03. The zero-order chi connectivity index (χ0) is 7.40. The third-order valence-corrected chi connectivity index (χ3v) is 1.18. The highest BCUT2D eigenvalue weighted by Gasteiger charge is 1.96. The Kier molecular flexibility index (Phi) is 2.28. The monoisotopic (exact) mass is 137 g/mol. The Morgan fingerprint density at radius 1 is 1.70 bits per heavy atom. The van der Waals surface area contributed by atoms with E-state index in [4.69, 9.17) is 9.68 Å². The number of hydrogen-bond donors (Lipinski definition) is 1. The molecule has 0 amide bonds. The van der Waals surface area contributed by atoms with Crippen LogP contribution in [0.3, 0.4) is 0 Å². The van der Waals surface area contributed by atoms with Crippen LogP contribution in [0.2, 0.25) is 0 Å². The van der Waals surface area contributed by atoms with Gasteiger partial charge in [-0.1, -0.05) is 0 Å². The van der Waals surface area contributed by atoms with Crippen molar-refractivity contribution in [3.63, 3.8) is 0 Å². The van der Waals surface area contributed by atoms with E-state index < -0.39 is 0 Å². The third-order valence-electron chi connectivity index (χ3n) is 1.18. The van der Waals surface area contributed by atoms with E-state index in [1.54, 1.807) is 18.3 Å². The van der Waals surface area contributed by atoms with E-state index in [0.29, 0.717) is 5.75 Å². The number of aryl methyl sites for hydroxylation is 1. The van der Waals surface area contributed by atoms with Gasteiger partial charge in [-0.25, -0.2) is 0 Å². The fourth-order valence-electron chi connectivity index (χ4n) is 0.692. The predicted molar refractivity (Wildman–Crippen MR) is 39.0 cm³/mol. The number of aromatic nitrogens is 1. The molecule has 1 N–H and O–H groups in total. The first-order valence-corrected chi connectivity index (χ1v) is 3.00. The maximum Gasteiger partial charge on any atom is 0.504 e. The van der Waals surface area contributed by atoms with E-state index in [1.165, 1.54) is 0 Å². The standard InChI is InChI=1S/C6H8BNO2/c1-5-6(10-7-9)3-2-4-8-5/h2-4,7,9H,1H3. The smallest absolute Gasteiger partial charge is 0.504 e. The van der Waals surface area contributed by atoms with Crippen LogP contribution < -0.4 is 4.65 Å². The van der Waals surface area contributed by atoms with Crippen molar-refractivity contribution in [3.05, 3.63) is 24.0 Å². The predicted octanol–water partition coefficient (Wildman–Crippen LogP) is 0.0276. The van der Waals surface area contributed by atoms with Crippen LogP contribution in [0.15, 0.2) is 18.3 Å². The van der Waals surface area contributed by atoms with Gasteiger partial charge in [0, 0.05) is 6.20 Å². The van der Waals surface area contributed by atoms with E-state index in [2.05, 4.69) is 4.98 Å². The Morgan fingerprint density at radius 3 is 3.10 bits per heavy atom. The van der Waals surface area contributed by atoms with Crippen molar-refractivity contribution in [1.82, 2.24) is 4.98 Å². The van der Waals surface area contributed by atoms with Gasteiger partial charge in [0.25, 0.3) is 0 Å². The number of nitrogens with zero attached hydrogens (tertiary/aromatic N) is 1. The summed E-state index contributed by atoms with van der Waals surface area (Å²) in [6, 6.07) is 3.52. The van der Waals surface area contributed by atoms with Gasteiger partial charge in [0.15, 0.2) is 0 Å². The van der Waals surface area contributed by atoms with E-state index in [9.17, 15) is 0 Å². The molecule has 4 heteroatoms. The van der Waals surface area contributed by atoms with Gasteiger partial charge in [-0.05, 0) is 19.1 Å². The molecule has 1 heterocycles. The Labute approximate surface area is 60.0 Å². The second-order valence-electron chi connectivity index (χ2n) is 1.86. The van der Waals surface area contributed by atoms with E-state index in [1.807, 2.05) is 6.92 Å². The minimum atomic E-state index is -0.299. The zero-order valence-corrected chi connectivity index (χ0v) is 5.74. The molecule has 0 aliphatic rings. The number of hydrogen-bond acceptors (Lipinski definition) is 3. The van der Waals surface area contributed by atoms with Crippen molar-refractivity contribution in [3.8, 4) is 5.75 Å². The van der Waals surface area contributed by atoms with Crippen molar-refractivity contribution in [2.45, 2.75) is 6.92 Å². The molecule has 0 aliphatic heterocycles. The number of pyridine rings is 1. The van der Waals surface area contributed by atoms with Gasteiger partial charge in [0.2, 0.25) is 0 Å². The maximum atomic E-state index is 8.39. The summed E-state index contributed by atoms with van der Waals surface area (Å²) in [6.45, 7) is 1.82. The number of rotatable bonds is 2. The van der Waals surface area contributed by atoms with Gasteiger partial charge in [0.05, 0.1) is 5.69 Å². The van der Waals surface area contributed by atoms with Crippen LogP contribution in [-0.4, -0.2) is 17.7 Å². The molecule has 0 spiro atoms. The Bertz CT molecular complexity index is 217. The van der Waals surface area contributed by atoms with Gasteiger partial charge < -0.3 is 9.68 Å². The van der Waals surface area contributed by atoms with Gasteiger partial charge in [-0.15, -0.1) is 0 Å². The first-order chi connectivity index (χ1) is 4.84. The summed E-state index contributed by atoms with van der Waals surface area (Å²) in [6.07, 6.45) is 1.68. The maximum absolute atomic E-state index is 8.39. The fourth-order valence-corrected chi connectivity index (χ4v) is 0.692. The average molecular weight is 137 g/mol. The molecule has 1 aromatic rings. The summed E-state index contributed by atoms with van der Waals surface area (Å²) in [5, 5.41) is 8.39. The van der Waals surface area contributed by atoms with Gasteiger partial charge in [-0.3, -0.25) is 4.98 Å². The van der Waals surface area contributed by atoms with Crippen molar-refractivity contribution in [2.24, 2.45) is 0 Å². The molecule has 52 valence electrons. The van der Waals surface area contributed by atoms with Crippen molar-refractivity contribution in [1.29, 1.82) is 0 Å². The van der Waals surface area contributed by atoms with Gasteiger partial charge >= 0.3 is 7.69 Å². The molecular formula is C6H8BNO2. The van der Waals surface area contributed by atoms with Gasteiger partial charge in [0.1, 0.15) is 5.75 Å². The molecule has 0 bridgehead atoms. The summed E-state index contributed by atoms with van der Waals surface area (Å²) in [5.41, 5.74) is 0.788. The molecule has 0 unspecified atom stereocenters. The highest BCUT2D eigenvalue weighted by Crippen LogP contribution is 2.11. The molecule has 0 aromatic carbocycles. The summed E-state index contributed by atoms with van der Waals surface area (Å²) < 4.78 is 4.83. The van der Waals surface area contributed by atoms with E-state index in [-0.39, 0.29) is 7.69 Å². The first-order valence-electron chi connectivity index (χ1n) is 3.00. The van der Waals surface area contributed by atoms with Crippen molar-refractivity contribution >= 4 is 7.69 Å². The second kappa shape index (κ2) is 3.22. The Balaban J connectivity index is 2.81. The van der Waals surface area contributed by atoms with E-state index >= 15 is 0 Å². The molecule has 0 radical (unpaired) electrons. The molecule has 10 heavy (non-hydrogen) atoms. The van der Waals surface area contributed by atoms with Crippen LogP contribution >= 0.6 is 0 Å². The fraction of sp³-hybridized carbons (Fsp3) is 0.167. The lowest BCUT2D eigenvalue weighted by atomic mass is 10.3. The third kappa shape index (κ3) is 1.48. The van der Waals surface area contributed by atoms with Crippen LogP contribution in [-0.2, 0) is 0 Å². The van der Waals surface area contributed by atoms with Crippen LogP contribution in [0, 0.1) is 6.92 Å². The normalized spacial score (nSPS) is 9.00. The summed E-state index contributed by atoms with van der Waals surface area (Å²) in [7, 11) is -0.299. The van der Waals surface area contributed by atoms with Crippen molar-refractivity contribution in [2.75, 3.05) is 0 Å². The molecule has 0 saturated carbocycles. The largest absolute Gasteiger partial charge is 0.538 e. The van der Waals surface area contributed by atoms with Crippen LogP contribution in [0.1, 0.15) is 5.69 Å². The lowest BCUT2D eigenvalue weighted by molar-refractivity contribution is 0.450. The minimum absolute atomic E-state index is 0.299. The lowest BCUT2D eigenvalue weighted by Crippen LogP contribution is -2.01. The van der Waals surface area contributed by atoms with Crippen molar-refractivity contribution < 1.29 is 9.68 Å². The van der Waals surface area contributed by atoms with E-state index in [0.717, 1.165) is 5.69 Å². The molecular weight excluding hydrogens is 129 g/mol. The quantitative estimate of drug-likeness (QED) is 0.584. The molecule has 0 fully saturated rings. The average Bonchev–Trinajstić information content (AvgIpc) is 1.94. The molecule has 0 atom stereocenters. The zero-order valence-electron chi connectivity index (χ0n) is 5.74. The topological polar surface area (TPSA) is 42.4 Å². The SMILES string of the molecule is Cc1ncccc1OBO. The highest BCUT2D eigenvalue weighted by molar-refractivity contribution is 6.17. The van der Waals surface area contributed by atoms with Crippen LogP contribution in [0.5, 0.6) is 5.75 Å².